The third-order valence-electron chi connectivity index (χ3n) is 4.34. The van der Waals surface area contributed by atoms with E-state index in [2.05, 4.69) is 5.32 Å². The lowest BCUT2D eigenvalue weighted by atomic mass is 10.1. The molecule has 1 atom stereocenters. The Bertz CT molecular complexity index is 766. The number of halogens is 2. The summed E-state index contributed by atoms with van der Waals surface area (Å²) in [5.41, 5.74) is 1.29. The first-order valence-corrected chi connectivity index (χ1v) is 8.55. The third kappa shape index (κ3) is 5.65. The van der Waals surface area contributed by atoms with E-state index in [1.165, 1.54) is 17.0 Å². The summed E-state index contributed by atoms with van der Waals surface area (Å²) >= 11 is 0. The Morgan fingerprint density at radius 3 is 2.33 bits per heavy atom. The van der Waals surface area contributed by atoms with Crippen LogP contribution < -0.4 is 10.1 Å². The number of hydrogen-bond acceptors (Lipinski definition) is 3. The van der Waals surface area contributed by atoms with Crippen LogP contribution >= 0.6 is 0 Å². The SMILES string of the molecule is COc1ccc(C(CNC(=O)N(C)Cc2ccc(F)cc2F)N(C)C)cc1. The predicted molar refractivity (Wildman–Crippen MR) is 101 cm³/mol. The fourth-order valence-electron chi connectivity index (χ4n) is 2.72. The first kappa shape index (κ1) is 20.6. The van der Waals surface area contributed by atoms with E-state index in [4.69, 9.17) is 4.74 Å². The molecule has 2 aromatic carbocycles. The van der Waals surface area contributed by atoms with Gasteiger partial charge in [0.05, 0.1) is 13.2 Å². The van der Waals surface area contributed by atoms with Crippen molar-refractivity contribution in [2.24, 2.45) is 0 Å². The van der Waals surface area contributed by atoms with Crippen LogP contribution in [0.3, 0.4) is 0 Å². The van der Waals surface area contributed by atoms with Gasteiger partial charge in [-0.2, -0.15) is 0 Å². The Balaban J connectivity index is 1.97. The Morgan fingerprint density at radius 1 is 1.11 bits per heavy atom. The van der Waals surface area contributed by atoms with Gasteiger partial charge in [-0.25, -0.2) is 13.6 Å². The van der Waals surface area contributed by atoms with Crippen LogP contribution in [0.4, 0.5) is 13.6 Å². The van der Waals surface area contributed by atoms with Crippen LogP contribution in [0.5, 0.6) is 5.75 Å². The van der Waals surface area contributed by atoms with Gasteiger partial charge >= 0.3 is 6.03 Å². The molecule has 1 N–H and O–H groups in total. The number of ether oxygens (including phenoxy) is 1. The summed E-state index contributed by atoms with van der Waals surface area (Å²) in [5.74, 6) is -0.544. The molecule has 1 unspecified atom stereocenters. The zero-order chi connectivity index (χ0) is 20.0. The van der Waals surface area contributed by atoms with Crippen LogP contribution in [0, 0.1) is 11.6 Å². The minimum atomic E-state index is -0.668. The molecule has 0 fully saturated rings. The largest absolute Gasteiger partial charge is 0.497 e. The van der Waals surface area contributed by atoms with Gasteiger partial charge in [0.1, 0.15) is 17.4 Å². The molecule has 0 saturated carbocycles. The Hall–Kier alpha value is -2.67. The van der Waals surface area contributed by atoms with E-state index in [1.54, 1.807) is 14.2 Å². The van der Waals surface area contributed by atoms with E-state index in [0.29, 0.717) is 6.54 Å². The molecule has 27 heavy (non-hydrogen) atoms. The molecule has 0 heterocycles. The summed E-state index contributed by atoms with van der Waals surface area (Å²) < 4.78 is 31.9. The van der Waals surface area contributed by atoms with Crippen molar-refractivity contribution in [2.45, 2.75) is 12.6 Å². The van der Waals surface area contributed by atoms with Crippen LogP contribution in [0.2, 0.25) is 0 Å². The molecular formula is C20H25F2N3O2. The van der Waals surface area contributed by atoms with Crippen molar-refractivity contribution < 1.29 is 18.3 Å². The number of methoxy groups -OCH3 is 1. The highest BCUT2D eigenvalue weighted by molar-refractivity contribution is 5.73. The van der Waals surface area contributed by atoms with E-state index in [-0.39, 0.29) is 24.2 Å². The number of amides is 2. The van der Waals surface area contributed by atoms with E-state index < -0.39 is 11.6 Å². The van der Waals surface area contributed by atoms with Crippen LogP contribution in [-0.4, -0.2) is 50.6 Å². The van der Waals surface area contributed by atoms with Gasteiger partial charge < -0.3 is 19.9 Å². The molecule has 7 heteroatoms. The smallest absolute Gasteiger partial charge is 0.317 e. The van der Waals surface area contributed by atoms with Crippen LogP contribution in [0.1, 0.15) is 17.2 Å². The molecule has 2 rings (SSSR count). The van der Waals surface area contributed by atoms with E-state index in [9.17, 15) is 13.6 Å². The highest BCUT2D eigenvalue weighted by Gasteiger charge is 2.18. The molecule has 0 aliphatic carbocycles. The second-order valence-corrected chi connectivity index (χ2v) is 6.53. The minimum Gasteiger partial charge on any atom is -0.497 e. The van der Waals surface area contributed by atoms with Gasteiger partial charge in [-0.1, -0.05) is 18.2 Å². The second-order valence-electron chi connectivity index (χ2n) is 6.53. The highest BCUT2D eigenvalue weighted by atomic mass is 19.1. The summed E-state index contributed by atoms with van der Waals surface area (Å²) in [4.78, 5) is 15.7. The van der Waals surface area contributed by atoms with Crippen LogP contribution in [0.15, 0.2) is 42.5 Å². The normalized spacial score (nSPS) is 12.0. The van der Waals surface area contributed by atoms with Gasteiger partial charge in [0.15, 0.2) is 0 Å². The number of nitrogens with one attached hydrogen (secondary N) is 1. The van der Waals surface area contributed by atoms with E-state index >= 15 is 0 Å². The Morgan fingerprint density at radius 2 is 1.78 bits per heavy atom. The summed E-state index contributed by atoms with van der Waals surface area (Å²) in [6, 6.07) is 10.6. The number of rotatable bonds is 7. The van der Waals surface area contributed by atoms with Gasteiger partial charge in [-0.05, 0) is 37.9 Å². The summed E-state index contributed by atoms with van der Waals surface area (Å²) in [7, 11) is 7.03. The van der Waals surface area contributed by atoms with Gasteiger partial charge in [0.2, 0.25) is 0 Å². The van der Waals surface area contributed by atoms with Gasteiger partial charge in [0, 0.05) is 31.8 Å². The first-order chi connectivity index (χ1) is 12.8. The first-order valence-electron chi connectivity index (χ1n) is 8.55. The van der Waals surface area contributed by atoms with Gasteiger partial charge in [-0.3, -0.25) is 0 Å². The molecule has 146 valence electrons. The fraction of sp³-hybridized carbons (Fsp3) is 0.350. The Kier molecular flexibility index (Phi) is 7.12. The maximum atomic E-state index is 13.8. The van der Waals surface area contributed by atoms with E-state index in [1.807, 2.05) is 43.3 Å². The van der Waals surface area contributed by atoms with Gasteiger partial charge in [-0.15, -0.1) is 0 Å². The zero-order valence-corrected chi connectivity index (χ0v) is 16.0. The lowest BCUT2D eigenvalue weighted by Crippen LogP contribution is -2.41. The quantitative estimate of drug-likeness (QED) is 0.804. The Labute approximate surface area is 158 Å². The van der Waals surface area contributed by atoms with Crippen LogP contribution in [-0.2, 0) is 6.54 Å². The monoisotopic (exact) mass is 377 g/mol. The maximum absolute atomic E-state index is 13.8. The van der Waals surface area contributed by atoms with Crippen molar-refractivity contribution in [2.75, 3.05) is 34.8 Å². The summed E-state index contributed by atoms with van der Waals surface area (Å²) in [6.07, 6.45) is 0. The molecule has 0 aliphatic rings. The van der Waals surface area contributed by atoms with Crippen molar-refractivity contribution in [3.05, 3.63) is 65.2 Å². The lowest BCUT2D eigenvalue weighted by Gasteiger charge is -2.27. The molecule has 0 aromatic heterocycles. The number of hydrogen-bond donors (Lipinski definition) is 1. The molecule has 0 saturated heterocycles. The fourth-order valence-corrected chi connectivity index (χ4v) is 2.72. The average Bonchev–Trinajstić information content (AvgIpc) is 2.64. The number of urea groups is 1. The molecular weight excluding hydrogens is 352 g/mol. The molecule has 0 bridgehead atoms. The van der Waals surface area contributed by atoms with Crippen molar-refractivity contribution in [1.82, 2.24) is 15.1 Å². The number of carbonyl (C=O) groups excluding carboxylic acids is 1. The molecule has 0 aliphatic heterocycles. The third-order valence-corrected chi connectivity index (χ3v) is 4.34. The number of carbonyl (C=O) groups is 1. The maximum Gasteiger partial charge on any atom is 0.317 e. The molecule has 2 aromatic rings. The van der Waals surface area contributed by atoms with Gasteiger partial charge in [0.25, 0.3) is 0 Å². The number of benzene rings is 2. The van der Waals surface area contributed by atoms with Crippen molar-refractivity contribution in [1.29, 1.82) is 0 Å². The average molecular weight is 377 g/mol. The second kappa shape index (κ2) is 9.32. The van der Waals surface area contributed by atoms with Crippen LogP contribution in [0.25, 0.3) is 0 Å². The van der Waals surface area contributed by atoms with Crippen molar-refractivity contribution >= 4 is 6.03 Å². The molecule has 0 spiro atoms. The van der Waals surface area contributed by atoms with E-state index in [0.717, 1.165) is 17.4 Å². The number of nitrogens with zero attached hydrogens (tertiary/aromatic N) is 2. The summed E-state index contributed by atoms with van der Waals surface area (Å²) in [5, 5.41) is 2.86. The lowest BCUT2D eigenvalue weighted by molar-refractivity contribution is 0.200. The number of likely N-dealkylation sites (N-methyl/N-ethyl adjacent to an activating group) is 1. The van der Waals surface area contributed by atoms with Crippen molar-refractivity contribution in [3.63, 3.8) is 0 Å². The predicted octanol–water partition coefficient (Wildman–Crippen LogP) is 3.42. The minimum absolute atomic E-state index is 0.0317. The zero-order valence-electron chi connectivity index (χ0n) is 16.0. The topological polar surface area (TPSA) is 44.8 Å². The summed E-state index contributed by atoms with van der Waals surface area (Å²) in [6.45, 7) is 0.432. The molecule has 5 nitrogen and oxygen atoms in total. The standard InChI is InChI=1S/C20H25F2N3O2/c1-24(2)19(14-6-9-17(27-4)10-7-14)12-23-20(26)25(3)13-15-5-8-16(21)11-18(15)22/h5-11,19H,12-13H2,1-4H3,(H,23,26). The molecule has 0 radical (unpaired) electrons. The van der Waals surface area contributed by atoms with Crippen molar-refractivity contribution in [3.8, 4) is 5.75 Å². The highest BCUT2D eigenvalue weighted by Crippen LogP contribution is 2.21. The molecule has 2 amide bonds.